The summed E-state index contributed by atoms with van der Waals surface area (Å²) in [6.45, 7) is 0.529. The van der Waals surface area contributed by atoms with E-state index >= 15 is 0 Å². The number of amides is 1. The molecular weight excluding hydrogens is 316 g/mol. The third-order valence-corrected chi connectivity index (χ3v) is 3.53. The van der Waals surface area contributed by atoms with Crippen LogP contribution in [0.3, 0.4) is 0 Å². The summed E-state index contributed by atoms with van der Waals surface area (Å²) < 4.78 is 5.38. The van der Waals surface area contributed by atoms with Gasteiger partial charge in [-0.1, -0.05) is 23.7 Å². The number of likely N-dealkylation sites (N-methyl/N-ethyl adjacent to an activating group) is 1. The minimum atomic E-state index is -0.263. The second-order valence-electron chi connectivity index (χ2n) is 4.96. The molecule has 0 aliphatic heterocycles. The summed E-state index contributed by atoms with van der Waals surface area (Å²) in [5.74, 6) is 0.215. The average molecular weight is 335 g/mol. The molecule has 0 atom stereocenters. The molecule has 0 unspecified atom stereocenters. The van der Waals surface area contributed by atoms with Crippen LogP contribution in [0.1, 0.15) is 0 Å². The predicted octanol–water partition coefficient (Wildman–Crippen LogP) is 2.79. The standard InChI is InChI=1S/C17H19ClN2O3/c1-20(10-11-21)14-8-6-13(7-9-14)19-17(22)12-23-16-5-3-2-4-15(16)18/h2-9,21H,10-12H2,1H3,(H,19,22). The van der Waals surface area contributed by atoms with Crippen molar-refractivity contribution in [2.45, 2.75) is 0 Å². The van der Waals surface area contributed by atoms with E-state index in [2.05, 4.69) is 5.32 Å². The molecule has 2 aromatic rings. The lowest BCUT2D eigenvalue weighted by Crippen LogP contribution is -2.22. The molecule has 0 aliphatic rings. The first-order valence-corrected chi connectivity index (χ1v) is 7.57. The monoisotopic (exact) mass is 334 g/mol. The van der Waals surface area contributed by atoms with Crippen LogP contribution in [0.2, 0.25) is 5.02 Å². The summed E-state index contributed by atoms with van der Waals surface area (Å²) in [6.07, 6.45) is 0. The number of hydrogen-bond donors (Lipinski definition) is 2. The van der Waals surface area contributed by atoms with Crippen LogP contribution in [0.4, 0.5) is 11.4 Å². The largest absolute Gasteiger partial charge is 0.482 e. The van der Waals surface area contributed by atoms with Crippen LogP contribution in [0.25, 0.3) is 0 Å². The first-order chi connectivity index (χ1) is 11.1. The van der Waals surface area contributed by atoms with Gasteiger partial charge in [0, 0.05) is 25.0 Å². The number of nitrogens with zero attached hydrogens (tertiary/aromatic N) is 1. The second kappa shape index (κ2) is 8.41. The third-order valence-electron chi connectivity index (χ3n) is 3.22. The van der Waals surface area contributed by atoms with Crippen molar-refractivity contribution < 1.29 is 14.6 Å². The van der Waals surface area contributed by atoms with Gasteiger partial charge in [0.2, 0.25) is 0 Å². The molecule has 6 heteroatoms. The fourth-order valence-corrected chi connectivity index (χ4v) is 2.17. The normalized spacial score (nSPS) is 10.2. The van der Waals surface area contributed by atoms with Gasteiger partial charge < -0.3 is 20.1 Å². The Morgan fingerprint density at radius 1 is 1.22 bits per heavy atom. The van der Waals surface area contributed by atoms with Crippen molar-refractivity contribution >= 4 is 28.9 Å². The van der Waals surface area contributed by atoms with E-state index in [-0.39, 0.29) is 19.1 Å². The maximum absolute atomic E-state index is 11.9. The molecule has 0 heterocycles. The lowest BCUT2D eigenvalue weighted by atomic mass is 10.2. The van der Waals surface area contributed by atoms with Crippen LogP contribution in [0.15, 0.2) is 48.5 Å². The molecule has 0 fully saturated rings. The van der Waals surface area contributed by atoms with E-state index in [0.29, 0.717) is 23.0 Å². The van der Waals surface area contributed by atoms with Crippen LogP contribution in [0.5, 0.6) is 5.75 Å². The Balaban J connectivity index is 1.87. The molecule has 0 spiro atoms. The molecule has 0 radical (unpaired) electrons. The number of ether oxygens (including phenoxy) is 1. The second-order valence-corrected chi connectivity index (χ2v) is 5.37. The highest BCUT2D eigenvalue weighted by atomic mass is 35.5. The highest BCUT2D eigenvalue weighted by Crippen LogP contribution is 2.23. The van der Waals surface area contributed by atoms with E-state index in [1.165, 1.54) is 0 Å². The fourth-order valence-electron chi connectivity index (χ4n) is 1.98. The lowest BCUT2D eigenvalue weighted by Gasteiger charge is -2.18. The molecule has 0 bridgehead atoms. The Morgan fingerprint density at radius 2 is 1.91 bits per heavy atom. The van der Waals surface area contributed by atoms with E-state index in [1.54, 1.807) is 36.4 Å². The molecule has 1 amide bonds. The summed E-state index contributed by atoms with van der Waals surface area (Å²) >= 11 is 5.96. The Bertz CT molecular complexity index is 647. The highest BCUT2D eigenvalue weighted by Gasteiger charge is 2.06. The van der Waals surface area contributed by atoms with Gasteiger partial charge in [-0.3, -0.25) is 4.79 Å². The number of anilines is 2. The van der Waals surface area contributed by atoms with E-state index in [0.717, 1.165) is 5.69 Å². The summed E-state index contributed by atoms with van der Waals surface area (Å²) in [4.78, 5) is 13.8. The van der Waals surface area contributed by atoms with Crippen LogP contribution in [-0.2, 0) is 4.79 Å². The van der Waals surface area contributed by atoms with Gasteiger partial charge in [0.25, 0.3) is 5.91 Å². The smallest absolute Gasteiger partial charge is 0.262 e. The number of nitrogens with one attached hydrogen (secondary N) is 1. The Labute approximate surface area is 140 Å². The molecule has 5 nitrogen and oxygen atoms in total. The van der Waals surface area contributed by atoms with Crippen molar-refractivity contribution in [2.24, 2.45) is 0 Å². The predicted molar refractivity (Wildman–Crippen MR) is 92.4 cm³/mol. The number of halogens is 1. The number of benzene rings is 2. The maximum Gasteiger partial charge on any atom is 0.262 e. The molecule has 2 rings (SSSR count). The SMILES string of the molecule is CN(CCO)c1ccc(NC(=O)COc2ccccc2Cl)cc1. The average Bonchev–Trinajstić information content (AvgIpc) is 2.55. The van der Waals surface area contributed by atoms with Gasteiger partial charge in [-0.05, 0) is 36.4 Å². The van der Waals surface area contributed by atoms with Gasteiger partial charge in [0.15, 0.2) is 6.61 Å². The zero-order chi connectivity index (χ0) is 16.7. The molecule has 23 heavy (non-hydrogen) atoms. The maximum atomic E-state index is 11.9. The zero-order valence-corrected chi connectivity index (χ0v) is 13.6. The summed E-state index contributed by atoms with van der Waals surface area (Å²) in [5, 5.41) is 12.1. The first-order valence-electron chi connectivity index (χ1n) is 7.19. The number of hydrogen-bond acceptors (Lipinski definition) is 4. The number of aliphatic hydroxyl groups excluding tert-OH is 1. The van der Waals surface area contributed by atoms with E-state index in [4.69, 9.17) is 21.4 Å². The van der Waals surface area contributed by atoms with E-state index < -0.39 is 0 Å². The summed E-state index contributed by atoms with van der Waals surface area (Å²) in [5.41, 5.74) is 1.64. The minimum Gasteiger partial charge on any atom is -0.482 e. The molecule has 122 valence electrons. The summed E-state index contributed by atoms with van der Waals surface area (Å²) in [7, 11) is 1.89. The Hall–Kier alpha value is -2.24. The Morgan fingerprint density at radius 3 is 2.57 bits per heavy atom. The van der Waals surface area contributed by atoms with Crippen LogP contribution in [0, 0.1) is 0 Å². The number of carbonyl (C=O) groups is 1. The third kappa shape index (κ3) is 5.16. The first kappa shape index (κ1) is 17.1. The van der Waals surface area contributed by atoms with Crippen molar-refractivity contribution in [1.29, 1.82) is 0 Å². The van der Waals surface area contributed by atoms with Crippen LogP contribution < -0.4 is 15.0 Å². The van der Waals surface area contributed by atoms with Crippen molar-refractivity contribution in [2.75, 3.05) is 37.0 Å². The van der Waals surface area contributed by atoms with Crippen molar-refractivity contribution in [3.05, 3.63) is 53.6 Å². The zero-order valence-electron chi connectivity index (χ0n) is 12.8. The van der Waals surface area contributed by atoms with Crippen molar-refractivity contribution in [3.63, 3.8) is 0 Å². The van der Waals surface area contributed by atoms with Gasteiger partial charge in [0.05, 0.1) is 11.6 Å². The van der Waals surface area contributed by atoms with Gasteiger partial charge in [-0.15, -0.1) is 0 Å². The Kier molecular flexibility index (Phi) is 6.26. The molecule has 2 aromatic carbocycles. The lowest BCUT2D eigenvalue weighted by molar-refractivity contribution is -0.118. The molecular formula is C17H19ClN2O3. The van der Waals surface area contributed by atoms with Crippen molar-refractivity contribution in [3.8, 4) is 5.75 Å². The number of aliphatic hydroxyl groups is 1. The molecule has 0 saturated heterocycles. The minimum absolute atomic E-state index is 0.0916. The molecule has 2 N–H and O–H groups in total. The van der Waals surface area contributed by atoms with Gasteiger partial charge in [0.1, 0.15) is 5.75 Å². The van der Waals surface area contributed by atoms with Crippen molar-refractivity contribution in [1.82, 2.24) is 0 Å². The van der Waals surface area contributed by atoms with Crippen LogP contribution >= 0.6 is 11.6 Å². The number of rotatable bonds is 7. The highest BCUT2D eigenvalue weighted by molar-refractivity contribution is 6.32. The number of carbonyl (C=O) groups excluding carboxylic acids is 1. The number of para-hydroxylation sites is 1. The van der Waals surface area contributed by atoms with Gasteiger partial charge in [-0.25, -0.2) is 0 Å². The van der Waals surface area contributed by atoms with E-state index in [9.17, 15) is 4.79 Å². The molecule has 0 aliphatic carbocycles. The quantitative estimate of drug-likeness (QED) is 0.817. The topological polar surface area (TPSA) is 61.8 Å². The van der Waals surface area contributed by atoms with Crippen LogP contribution in [-0.4, -0.2) is 37.8 Å². The fraction of sp³-hybridized carbons (Fsp3) is 0.235. The molecule has 0 aromatic heterocycles. The van der Waals surface area contributed by atoms with Gasteiger partial charge >= 0.3 is 0 Å². The summed E-state index contributed by atoms with van der Waals surface area (Å²) in [6, 6.07) is 14.4. The molecule has 0 saturated carbocycles. The van der Waals surface area contributed by atoms with E-state index in [1.807, 2.05) is 24.1 Å². The van der Waals surface area contributed by atoms with Gasteiger partial charge in [-0.2, -0.15) is 0 Å².